The van der Waals surface area contributed by atoms with E-state index in [-0.39, 0.29) is 6.04 Å². The number of nitrogens with zero attached hydrogens (tertiary/aromatic N) is 1. The zero-order chi connectivity index (χ0) is 10.8. The van der Waals surface area contributed by atoms with E-state index in [9.17, 15) is 0 Å². The van der Waals surface area contributed by atoms with Gasteiger partial charge in [0.05, 0.1) is 10.7 Å². The first-order valence-electron chi connectivity index (χ1n) is 5.43. The normalized spacial score (nSPS) is 21.8. The summed E-state index contributed by atoms with van der Waals surface area (Å²) in [6, 6.07) is 6.43. The van der Waals surface area contributed by atoms with Crippen LogP contribution in [0.4, 0.5) is 5.69 Å². The van der Waals surface area contributed by atoms with Crippen LogP contribution in [0.1, 0.15) is 18.4 Å². The first-order valence-corrected chi connectivity index (χ1v) is 5.81. The highest BCUT2D eigenvalue weighted by molar-refractivity contribution is 6.33. The minimum atomic E-state index is 0.287. The first kappa shape index (κ1) is 10.8. The van der Waals surface area contributed by atoms with Gasteiger partial charge in [-0.1, -0.05) is 17.7 Å². The highest BCUT2D eigenvalue weighted by atomic mass is 35.5. The Bertz CT molecular complexity index is 351. The Labute approximate surface area is 96.0 Å². The van der Waals surface area contributed by atoms with E-state index in [1.54, 1.807) is 0 Å². The fourth-order valence-corrected chi connectivity index (χ4v) is 2.33. The summed E-state index contributed by atoms with van der Waals surface area (Å²) in [6.07, 6.45) is 2.28. The summed E-state index contributed by atoms with van der Waals surface area (Å²) in [4.78, 5) is 2.30. The molecular formula is C12H17ClN2. The fourth-order valence-electron chi connectivity index (χ4n) is 2.09. The molecule has 1 fully saturated rings. The molecule has 1 heterocycles. The molecule has 1 unspecified atom stereocenters. The molecule has 0 saturated carbocycles. The van der Waals surface area contributed by atoms with Gasteiger partial charge in [-0.05, 0) is 37.5 Å². The second-order valence-corrected chi connectivity index (χ2v) is 4.71. The molecule has 3 heteroatoms. The Morgan fingerprint density at radius 1 is 1.47 bits per heavy atom. The van der Waals surface area contributed by atoms with Crippen molar-refractivity contribution in [2.45, 2.75) is 25.8 Å². The number of benzene rings is 1. The molecule has 1 aromatic rings. The third kappa shape index (κ3) is 2.44. The average Bonchev–Trinajstić information content (AvgIpc) is 2.22. The lowest BCUT2D eigenvalue weighted by atomic mass is 10.1. The van der Waals surface area contributed by atoms with Crippen molar-refractivity contribution in [1.29, 1.82) is 0 Å². The Morgan fingerprint density at radius 3 is 3.00 bits per heavy atom. The molecule has 82 valence electrons. The molecule has 0 amide bonds. The maximum atomic E-state index is 6.19. The van der Waals surface area contributed by atoms with E-state index in [1.807, 2.05) is 12.1 Å². The van der Waals surface area contributed by atoms with Crippen LogP contribution in [0.25, 0.3) is 0 Å². The second kappa shape index (κ2) is 4.42. The molecule has 1 aliphatic rings. The lowest BCUT2D eigenvalue weighted by Gasteiger charge is -2.33. The Kier molecular flexibility index (Phi) is 3.17. The molecule has 2 rings (SSSR count). The van der Waals surface area contributed by atoms with Crippen LogP contribution >= 0.6 is 11.6 Å². The minimum Gasteiger partial charge on any atom is -0.369 e. The number of piperidine rings is 1. The lowest BCUT2D eigenvalue weighted by Crippen LogP contribution is -2.42. The van der Waals surface area contributed by atoms with Gasteiger partial charge >= 0.3 is 0 Å². The SMILES string of the molecule is Cc1ccc(Cl)c(N2CCCC(N)C2)c1. The Balaban J connectivity index is 2.24. The van der Waals surface area contributed by atoms with Gasteiger partial charge in [0.15, 0.2) is 0 Å². The van der Waals surface area contributed by atoms with Crippen LogP contribution in [0.2, 0.25) is 5.02 Å². The van der Waals surface area contributed by atoms with Crippen molar-refractivity contribution >= 4 is 17.3 Å². The van der Waals surface area contributed by atoms with Gasteiger partial charge in [0.25, 0.3) is 0 Å². The van der Waals surface area contributed by atoms with Crippen molar-refractivity contribution in [3.63, 3.8) is 0 Å². The number of hydrogen-bond acceptors (Lipinski definition) is 2. The number of rotatable bonds is 1. The third-order valence-corrected chi connectivity index (χ3v) is 3.22. The van der Waals surface area contributed by atoms with Crippen LogP contribution in [-0.2, 0) is 0 Å². The van der Waals surface area contributed by atoms with Crippen LogP contribution in [0.5, 0.6) is 0 Å². The summed E-state index contributed by atoms with van der Waals surface area (Å²) < 4.78 is 0. The van der Waals surface area contributed by atoms with Crippen molar-refractivity contribution in [1.82, 2.24) is 0 Å². The molecule has 1 aromatic carbocycles. The van der Waals surface area contributed by atoms with Gasteiger partial charge in [-0.25, -0.2) is 0 Å². The zero-order valence-corrected chi connectivity index (χ0v) is 9.80. The lowest BCUT2D eigenvalue weighted by molar-refractivity contribution is 0.506. The van der Waals surface area contributed by atoms with Gasteiger partial charge in [-0.3, -0.25) is 0 Å². The molecule has 0 aromatic heterocycles. The summed E-state index contributed by atoms with van der Waals surface area (Å²) in [5, 5.41) is 0.828. The van der Waals surface area contributed by atoms with Gasteiger partial charge in [-0.2, -0.15) is 0 Å². The van der Waals surface area contributed by atoms with Gasteiger partial charge < -0.3 is 10.6 Å². The van der Waals surface area contributed by atoms with E-state index >= 15 is 0 Å². The van der Waals surface area contributed by atoms with E-state index in [0.29, 0.717) is 0 Å². The summed E-state index contributed by atoms with van der Waals surface area (Å²) in [5.41, 5.74) is 8.34. The largest absolute Gasteiger partial charge is 0.369 e. The molecule has 2 N–H and O–H groups in total. The minimum absolute atomic E-state index is 0.287. The zero-order valence-electron chi connectivity index (χ0n) is 9.04. The predicted molar refractivity (Wildman–Crippen MR) is 65.6 cm³/mol. The maximum Gasteiger partial charge on any atom is 0.0639 e. The molecule has 2 nitrogen and oxygen atoms in total. The monoisotopic (exact) mass is 224 g/mol. The quantitative estimate of drug-likeness (QED) is 0.795. The molecule has 0 aliphatic carbocycles. The highest BCUT2D eigenvalue weighted by Crippen LogP contribution is 2.28. The summed E-state index contributed by atoms with van der Waals surface area (Å²) in [7, 11) is 0. The molecule has 0 radical (unpaired) electrons. The highest BCUT2D eigenvalue weighted by Gasteiger charge is 2.18. The smallest absolute Gasteiger partial charge is 0.0639 e. The number of aryl methyl sites for hydroxylation is 1. The summed E-state index contributed by atoms with van der Waals surface area (Å²) in [6.45, 7) is 4.07. The molecule has 1 saturated heterocycles. The maximum absolute atomic E-state index is 6.19. The van der Waals surface area contributed by atoms with Gasteiger partial charge in [0, 0.05) is 19.1 Å². The predicted octanol–water partition coefficient (Wildman–Crippen LogP) is 2.58. The molecule has 0 bridgehead atoms. The van der Waals surface area contributed by atoms with Crippen molar-refractivity contribution in [2.75, 3.05) is 18.0 Å². The average molecular weight is 225 g/mol. The molecule has 1 aliphatic heterocycles. The summed E-state index contributed by atoms with van der Waals surface area (Å²) in [5.74, 6) is 0. The second-order valence-electron chi connectivity index (χ2n) is 4.30. The first-order chi connectivity index (χ1) is 7.16. The van der Waals surface area contributed by atoms with Gasteiger partial charge in [-0.15, -0.1) is 0 Å². The van der Waals surface area contributed by atoms with Gasteiger partial charge in [0.2, 0.25) is 0 Å². The number of hydrogen-bond donors (Lipinski definition) is 1. The number of halogens is 1. The Hall–Kier alpha value is -0.730. The van der Waals surface area contributed by atoms with E-state index in [0.717, 1.165) is 36.6 Å². The van der Waals surface area contributed by atoms with E-state index < -0.39 is 0 Å². The van der Waals surface area contributed by atoms with Crippen LogP contribution in [-0.4, -0.2) is 19.1 Å². The number of nitrogens with two attached hydrogens (primary N) is 1. The number of anilines is 1. The topological polar surface area (TPSA) is 29.3 Å². The molecule has 15 heavy (non-hydrogen) atoms. The van der Waals surface area contributed by atoms with Crippen LogP contribution < -0.4 is 10.6 Å². The van der Waals surface area contributed by atoms with E-state index in [1.165, 1.54) is 5.56 Å². The van der Waals surface area contributed by atoms with Crippen molar-refractivity contribution < 1.29 is 0 Å². The summed E-state index contributed by atoms with van der Waals surface area (Å²) >= 11 is 6.19. The molecular weight excluding hydrogens is 208 g/mol. The van der Waals surface area contributed by atoms with Crippen LogP contribution in [0.15, 0.2) is 18.2 Å². The molecule has 1 atom stereocenters. The van der Waals surface area contributed by atoms with Crippen LogP contribution in [0.3, 0.4) is 0 Å². The molecule has 0 spiro atoms. The third-order valence-electron chi connectivity index (χ3n) is 2.90. The van der Waals surface area contributed by atoms with Crippen molar-refractivity contribution in [2.24, 2.45) is 5.73 Å². The van der Waals surface area contributed by atoms with E-state index in [4.69, 9.17) is 17.3 Å². The van der Waals surface area contributed by atoms with E-state index in [2.05, 4.69) is 17.9 Å². The van der Waals surface area contributed by atoms with Crippen LogP contribution in [0, 0.1) is 6.92 Å². The van der Waals surface area contributed by atoms with Crippen molar-refractivity contribution in [3.8, 4) is 0 Å². The fraction of sp³-hybridized carbons (Fsp3) is 0.500. The Morgan fingerprint density at radius 2 is 2.27 bits per heavy atom. The van der Waals surface area contributed by atoms with Crippen molar-refractivity contribution in [3.05, 3.63) is 28.8 Å². The van der Waals surface area contributed by atoms with Gasteiger partial charge in [0.1, 0.15) is 0 Å². The standard InChI is InChI=1S/C12H17ClN2/c1-9-4-5-11(13)12(7-9)15-6-2-3-10(14)8-15/h4-5,7,10H,2-3,6,8,14H2,1H3.